The van der Waals surface area contributed by atoms with E-state index in [1.54, 1.807) is 0 Å². The van der Waals surface area contributed by atoms with Gasteiger partial charge in [0.25, 0.3) is 0 Å². The first-order valence-corrected chi connectivity index (χ1v) is 6.76. The van der Waals surface area contributed by atoms with Gasteiger partial charge >= 0.3 is 0 Å². The van der Waals surface area contributed by atoms with E-state index < -0.39 is 11.6 Å². The summed E-state index contributed by atoms with van der Waals surface area (Å²) in [6.45, 7) is 4.40. The van der Waals surface area contributed by atoms with Crippen LogP contribution < -0.4 is 5.32 Å². The highest BCUT2D eigenvalue weighted by Gasteiger charge is 2.15. The molecule has 0 aliphatic heterocycles. The number of hydrogen-bond donors (Lipinski definition) is 1. The Bertz CT molecular complexity index is 569. The topological polar surface area (TPSA) is 38.1 Å². The second-order valence-electron chi connectivity index (χ2n) is 4.65. The summed E-state index contributed by atoms with van der Waals surface area (Å²) in [6.07, 6.45) is 1.50. The van der Waals surface area contributed by atoms with Gasteiger partial charge in [-0.25, -0.2) is 8.78 Å². The molecule has 0 fully saturated rings. The lowest BCUT2D eigenvalue weighted by Gasteiger charge is -2.17. The predicted molar refractivity (Wildman–Crippen MR) is 72.1 cm³/mol. The Morgan fingerprint density at radius 2 is 2.05 bits per heavy atom. The number of aromatic nitrogens is 1. The molecule has 108 valence electrons. The summed E-state index contributed by atoms with van der Waals surface area (Å²) in [4.78, 5) is 0. The molecule has 0 aliphatic rings. The number of hydrogen-bond acceptors (Lipinski definition) is 3. The van der Waals surface area contributed by atoms with Gasteiger partial charge in [-0.3, -0.25) is 0 Å². The monoisotopic (exact) mass is 280 g/mol. The molecule has 2 aromatic rings. The van der Waals surface area contributed by atoms with Crippen LogP contribution in [0.5, 0.6) is 0 Å². The second-order valence-corrected chi connectivity index (χ2v) is 4.65. The van der Waals surface area contributed by atoms with Crippen molar-refractivity contribution in [2.45, 2.75) is 39.3 Å². The summed E-state index contributed by atoms with van der Waals surface area (Å²) in [6, 6.07) is 5.34. The lowest BCUT2D eigenvalue weighted by atomic mass is 10.0. The van der Waals surface area contributed by atoms with E-state index >= 15 is 0 Å². The van der Waals surface area contributed by atoms with Gasteiger partial charge < -0.3 is 9.84 Å². The van der Waals surface area contributed by atoms with Crippen LogP contribution in [-0.2, 0) is 13.0 Å². The fraction of sp³-hybridized carbons (Fsp3) is 0.400. The molecule has 0 amide bonds. The molecule has 1 atom stereocenters. The van der Waals surface area contributed by atoms with E-state index in [0.717, 1.165) is 18.2 Å². The van der Waals surface area contributed by atoms with E-state index in [9.17, 15) is 8.78 Å². The van der Waals surface area contributed by atoms with Gasteiger partial charge in [0.05, 0.1) is 12.2 Å². The Labute approximate surface area is 117 Å². The van der Waals surface area contributed by atoms with Crippen LogP contribution in [-0.4, -0.2) is 5.16 Å². The molecule has 2 rings (SSSR count). The Balaban J connectivity index is 2.05. The van der Waals surface area contributed by atoms with Gasteiger partial charge in [0, 0.05) is 23.7 Å². The molecular weight excluding hydrogens is 262 g/mol. The molecule has 0 radical (unpaired) electrons. The molecule has 1 N–H and O–H groups in total. The van der Waals surface area contributed by atoms with Gasteiger partial charge in [-0.2, -0.15) is 0 Å². The SMILES string of the molecule is CCc1cc(CN[C@@H](CC)c2ccc(F)cc2F)on1. The molecule has 1 heterocycles. The van der Waals surface area contributed by atoms with E-state index in [4.69, 9.17) is 4.52 Å². The minimum atomic E-state index is -0.566. The van der Waals surface area contributed by atoms with Crippen LogP contribution in [0.3, 0.4) is 0 Å². The summed E-state index contributed by atoms with van der Waals surface area (Å²) >= 11 is 0. The predicted octanol–water partition coefficient (Wildman–Crippen LogP) is 3.76. The Hall–Kier alpha value is -1.75. The fourth-order valence-electron chi connectivity index (χ4n) is 2.09. The van der Waals surface area contributed by atoms with Crippen molar-refractivity contribution in [2.24, 2.45) is 0 Å². The Kier molecular flexibility index (Phi) is 4.84. The fourth-order valence-corrected chi connectivity index (χ4v) is 2.09. The standard InChI is InChI=1S/C15H18F2N2O/c1-3-11-8-12(20-19-11)9-18-15(4-2)13-6-5-10(16)7-14(13)17/h5-8,15,18H,3-4,9H2,1-2H3/t15-/m0/s1. The lowest BCUT2D eigenvalue weighted by molar-refractivity contribution is 0.356. The molecule has 3 nitrogen and oxygen atoms in total. The van der Waals surface area contributed by atoms with Gasteiger partial charge in [0.15, 0.2) is 5.76 Å². The first-order chi connectivity index (χ1) is 9.63. The molecule has 0 spiro atoms. The van der Waals surface area contributed by atoms with E-state index in [2.05, 4.69) is 10.5 Å². The van der Waals surface area contributed by atoms with Crippen LogP contribution in [0.15, 0.2) is 28.8 Å². The summed E-state index contributed by atoms with van der Waals surface area (Å²) in [5.41, 5.74) is 1.35. The third kappa shape index (κ3) is 3.42. The Morgan fingerprint density at radius 1 is 1.25 bits per heavy atom. The van der Waals surface area contributed by atoms with Crippen LogP contribution in [0.25, 0.3) is 0 Å². The molecule has 5 heteroatoms. The van der Waals surface area contributed by atoms with Crippen molar-refractivity contribution in [3.63, 3.8) is 0 Å². The van der Waals surface area contributed by atoms with Crippen molar-refractivity contribution in [1.29, 1.82) is 0 Å². The van der Waals surface area contributed by atoms with Crippen molar-refractivity contribution in [3.05, 3.63) is 52.9 Å². The highest BCUT2D eigenvalue weighted by atomic mass is 19.1. The van der Waals surface area contributed by atoms with Crippen LogP contribution in [0.1, 0.15) is 43.3 Å². The zero-order chi connectivity index (χ0) is 14.5. The number of aryl methyl sites for hydroxylation is 1. The quantitative estimate of drug-likeness (QED) is 0.875. The largest absolute Gasteiger partial charge is 0.360 e. The van der Waals surface area contributed by atoms with Crippen LogP contribution >= 0.6 is 0 Å². The van der Waals surface area contributed by atoms with Crippen molar-refractivity contribution < 1.29 is 13.3 Å². The molecule has 1 aromatic carbocycles. The number of nitrogens with zero attached hydrogens (tertiary/aromatic N) is 1. The zero-order valence-electron chi connectivity index (χ0n) is 11.6. The number of nitrogens with one attached hydrogen (secondary N) is 1. The average molecular weight is 280 g/mol. The smallest absolute Gasteiger partial charge is 0.150 e. The minimum absolute atomic E-state index is 0.189. The van der Waals surface area contributed by atoms with Crippen LogP contribution in [0, 0.1) is 11.6 Å². The first kappa shape index (κ1) is 14.7. The minimum Gasteiger partial charge on any atom is -0.360 e. The maximum Gasteiger partial charge on any atom is 0.150 e. The third-order valence-corrected chi connectivity index (χ3v) is 3.24. The molecule has 1 aromatic heterocycles. The van der Waals surface area contributed by atoms with Crippen molar-refractivity contribution in [2.75, 3.05) is 0 Å². The van der Waals surface area contributed by atoms with Crippen LogP contribution in [0.2, 0.25) is 0 Å². The van der Waals surface area contributed by atoms with Crippen LogP contribution in [0.4, 0.5) is 8.78 Å². The molecule has 0 saturated carbocycles. The highest BCUT2D eigenvalue weighted by molar-refractivity contribution is 5.22. The highest BCUT2D eigenvalue weighted by Crippen LogP contribution is 2.21. The van der Waals surface area contributed by atoms with Crippen molar-refractivity contribution >= 4 is 0 Å². The third-order valence-electron chi connectivity index (χ3n) is 3.24. The van der Waals surface area contributed by atoms with E-state index in [-0.39, 0.29) is 6.04 Å². The normalized spacial score (nSPS) is 12.6. The van der Waals surface area contributed by atoms with E-state index in [1.165, 1.54) is 12.1 Å². The second kappa shape index (κ2) is 6.61. The lowest BCUT2D eigenvalue weighted by Crippen LogP contribution is -2.21. The van der Waals surface area contributed by atoms with Crippen molar-refractivity contribution in [1.82, 2.24) is 10.5 Å². The molecule has 20 heavy (non-hydrogen) atoms. The molecule has 0 aliphatic carbocycles. The van der Waals surface area contributed by atoms with Gasteiger partial charge in [-0.05, 0) is 18.9 Å². The summed E-state index contributed by atoms with van der Waals surface area (Å²) in [7, 11) is 0. The average Bonchev–Trinajstić information content (AvgIpc) is 2.89. The molecule has 0 unspecified atom stereocenters. The number of rotatable bonds is 6. The number of benzene rings is 1. The summed E-state index contributed by atoms with van der Waals surface area (Å²) < 4.78 is 31.8. The van der Waals surface area contributed by atoms with Gasteiger partial charge in [-0.15, -0.1) is 0 Å². The van der Waals surface area contributed by atoms with Gasteiger partial charge in [-0.1, -0.05) is 25.1 Å². The van der Waals surface area contributed by atoms with Gasteiger partial charge in [0.2, 0.25) is 0 Å². The van der Waals surface area contributed by atoms with Gasteiger partial charge in [0.1, 0.15) is 11.6 Å². The Morgan fingerprint density at radius 3 is 2.65 bits per heavy atom. The van der Waals surface area contributed by atoms with E-state index in [1.807, 2.05) is 19.9 Å². The zero-order valence-corrected chi connectivity index (χ0v) is 11.6. The van der Waals surface area contributed by atoms with E-state index in [0.29, 0.717) is 24.3 Å². The molecular formula is C15H18F2N2O. The summed E-state index contributed by atoms with van der Waals surface area (Å²) in [5, 5.41) is 7.11. The first-order valence-electron chi connectivity index (χ1n) is 6.76. The number of halogens is 2. The molecule has 0 bridgehead atoms. The maximum absolute atomic E-state index is 13.8. The molecule has 0 saturated heterocycles. The van der Waals surface area contributed by atoms with Crippen molar-refractivity contribution in [3.8, 4) is 0 Å². The summed E-state index contributed by atoms with van der Waals surface area (Å²) in [5.74, 6) is -0.386. The maximum atomic E-state index is 13.8.